The number of carboxylic acids is 1. The molecule has 1 unspecified atom stereocenters. The van der Waals surface area contributed by atoms with E-state index in [1.54, 1.807) is 0 Å². The molecule has 0 saturated carbocycles. The summed E-state index contributed by atoms with van der Waals surface area (Å²) in [7, 11) is -2.24. The van der Waals surface area contributed by atoms with Crippen LogP contribution < -0.4 is 0 Å². The molecule has 0 aliphatic carbocycles. The molecule has 1 saturated heterocycles. The van der Waals surface area contributed by atoms with Crippen molar-refractivity contribution >= 4 is 16.2 Å². The SMILES string of the molecule is CCCN1CC(C(=O)O)N(C)S1(=O)=O. The summed E-state index contributed by atoms with van der Waals surface area (Å²) < 4.78 is 25.3. The molecule has 82 valence electrons. The lowest BCUT2D eigenvalue weighted by Gasteiger charge is -2.14. The van der Waals surface area contributed by atoms with E-state index < -0.39 is 22.2 Å². The third kappa shape index (κ3) is 1.75. The van der Waals surface area contributed by atoms with Gasteiger partial charge >= 0.3 is 5.97 Å². The van der Waals surface area contributed by atoms with Crippen LogP contribution in [0.5, 0.6) is 0 Å². The molecule has 7 heteroatoms. The Labute approximate surface area is 83.3 Å². The van der Waals surface area contributed by atoms with Gasteiger partial charge in [-0.15, -0.1) is 0 Å². The molecule has 1 aliphatic heterocycles. The normalized spacial score (nSPS) is 28.0. The van der Waals surface area contributed by atoms with E-state index in [4.69, 9.17) is 5.11 Å². The Balaban J connectivity index is 2.91. The standard InChI is InChI=1S/C7H14N2O4S/c1-3-4-9-5-6(7(10)11)8(2)14(9,12)13/h6H,3-5H2,1-2H3,(H,10,11). The van der Waals surface area contributed by atoms with E-state index in [9.17, 15) is 13.2 Å². The van der Waals surface area contributed by atoms with Crippen molar-refractivity contribution in [2.45, 2.75) is 19.4 Å². The highest BCUT2D eigenvalue weighted by molar-refractivity contribution is 7.87. The van der Waals surface area contributed by atoms with Crippen molar-refractivity contribution in [3.63, 3.8) is 0 Å². The fourth-order valence-corrected chi connectivity index (χ4v) is 3.02. The van der Waals surface area contributed by atoms with Gasteiger partial charge in [-0.25, -0.2) is 0 Å². The number of carboxylic acid groups (broad SMARTS) is 1. The molecule has 0 aromatic carbocycles. The first-order valence-corrected chi connectivity index (χ1v) is 5.77. The van der Waals surface area contributed by atoms with Crippen LogP contribution in [0.4, 0.5) is 0 Å². The molecule has 1 aliphatic rings. The zero-order valence-corrected chi connectivity index (χ0v) is 8.99. The van der Waals surface area contributed by atoms with E-state index in [-0.39, 0.29) is 6.54 Å². The predicted octanol–water partition coefficient (Wildman–Crippen LogP) is -0.658. The molecule has 0 amide bonds. The van der Waals surface area contributed by atoms with Crippen LogP contribution in [0.15, 0.2) is 0 Å². The minimum atomic E-state index is -3.54. The van der Waals surface area contributed by atoms with Crippen LogP contribution in [-0.2, 0) is 15.0 Å². The van der Waals surface area contributed by atoms with Crippen molar-refractivity contribution in [3.8, 4) is 0 Å². The average Bonchev–Trinajstić information content (AvgIpc) is 2.29. The van der Waals surface area contributed by atoms with Crippen LogP contribution in [0.25, 0.3) is 0 Å². The number of hydrogen-bond acceptors (Lipinski definition) is 3. The van der Waals surface area contributed by atoms with Crippen LogP contribution in [0, 0.1) is 0 Å². The lowest BCUT2D eigenvalue weighted by atomic mass is 10.3. The molecule has 0 bridgehead atoms. The number of aliphatic carboxylic acids is 1. The maximum absolute atomic E-state index is 11.6. The molecule has 0 spiro atoms. The monoisotopic (exact) mass is 222 g/mol. The zero-order valence-electron chi connectivity index (χ0n) is 8.17. The van der Waals surface area contributed by atoms with Gasteiger partial charge in [0.15, 0.2) is 0 Å². The van der Waals surface area contributed by atoms with Crippen LogP contribution in [0.1, 0.15) is 13.3 Å². The summed E-state index contributed by atoms with van der Waals surface area (Å²) in [5.74, 6) is -1.10. The van der Waals surface area contributed by atoms with Gasteiger partial charge in [-0.3, -0.25) is 4.79 Å². The highest BCUT2D eigenvalue weighted by Gasteiger charge is 2.44. The van der Waals surface area contributed by atoms with Gasteiger partial charge in [-0.1, -0.05) is 6.92 Å². The molecule has 1 heterocycles. The van der Waals surface area contributed by atoms with Gasteiger partial charge in [0, 0.05) is 20.1 Å². The maximum Gasteiger partial charge on any atom is 0.323 e. The summed E-state index contributed by atoms with van der Waals surface area (Å²) >= 11 is 0. The second kappa shape index (κ2) is 3.84. The number of rotatable bonds is 3. The molecule has 14 heavy (non-hydrogen) atoms. The van der Waals surface area contributed by atoms with E-state index in [1.807, 2.05) is 6.92 Å². The molecule has 1 atom stereocenters. The van der Waals surface area contributed by atoms with E-state index in [0.717, 1.165) is 4.31 Å². The minimum absolute atomic E-state index is 0.0437. The lowest BCUT2D eigenvalue weighted by molar-refractivity contribution is -0.140. The van der Waals surface area contributed by atoms with Crippen LogP contribution in [-0.4, -0.2) is 54.3 Å². The Hall–Kier alpha value is -0.660. The van der Waals surface area contributed by atoms with E-state index >= 15 is 0 Å². The fraction of sp³-hybridized carbons (Fsp3) is 0.857. The molecule has 6 nitrogen and oxygen atoms in total. The van der Waals surface area contributed by atoms with Crippen molar-refractivity contribution in [1.82, 2.24) is 8.61 Å². The van der Waals surface area contributed by atoms with Crippen molar-refractivity contribution in [3.05, 3.63) is 0 Å². The average molecular weight is 222 g/mol. The molecular formula is C7H14N2O4S. The number of nitrogens with zero attached hydrogens (tertiary/aromatic N) is 2. The van der Waals surface area contributed by atoms with Crippen LogP contribution in [0.2, 0.25) is 0 Å². The van der Waals surface area contributed by atoms with Crippen LogP contribution in [0.3, 0.4) is 0 Å². The van der Waals surface area contributed by atoms with Crippen molar-refractivity contribution in [2.24, 2.45) is 0 Å². The third-order valence-corrected chi connectivity index (χ3v) is 4.23. The summed E-state index contributed by atoms with van der Waals surface area (Å²) in [5, 5.41) is 8.77. The Bertz CT molecular complexity index is 327. The molecule has 0 aromatic heterocycles. The molecule has 1 N–H and O–H groups in total. The quantitative estimate of drug-likeness (QED) is 0.687. The first kappa shape index (κ1) is 11.4. The summed E-state index contributed by atoms with van der Waals surface area (Å²) in [5.41, 5.74) is 0. The zero-order chi connectivity index (χ0) is 10.9. The summed E-state index contributed by atoms with van der Waals surface area (Å²) in [4.78, 5) is 10.7. The van der Waals surface area contributed by atoms with Crippen molar-refractivity contribution in [1.29, 1.82) is 0 Å². The molecule has 1 rings (SSSR count). The minimum Gasteiger partial charge on any atom is -0.480 e. The van der Waals surface area contributed by atoms with Gasteiger partial charge in [0.2, 0.25) is 0 Å². The molecule has 0 aromatic rings. The summed E-state index contributed by atoms with van der Waals surface area (Å²) in [6.45, 7) is 2.27. The second-order valence-electron chi connectivity index (χ2n) is 3.24. The van der Waals surface area contributed by atoms with Crippen LogP contribution >= 0.6 is 0 Å². The smallest absolute Gasteiger partial charge is 0.323 e. The number of hydrogen-bond donors (Lipinski definition) is 1. The Morgan fingerprint density at radius 2 is 2.14 bits per heavy atom. The molecule has 1 fully saturated rings. The number of carbonyl (C=O) groups is 1. The van der Waals surface area contributed by atoms with Gasteiger partial charge in [0.1, 0.15) is 6.04 Å². The van der Waals surface area contributed by atoms with Crippen molar-refractivity contribution in [2.75, 3.05) is 20.1 Å². The lowest BCUT2D eigenvalue weighted by Crippen LogP contribution is -2.36. The van der Waals surface area contributed by atoms with Gasteiger partial charge in [-0.2, -0.15) is 17.0 Å². The highest BCUT2D eigenvalue weighted by atomic mass is 32.2. The largest absolute Gasteiger partial charge is 0.480 e. The Kier molecular flexibility index (Phi) is 3.13. The first-order chi connectivity index (χ1) is 6.41. The van der Waals surface area contributed by atoms with E-state index in [0.29, 0.717) is 13.0 Å². The number of likely N-dealkylation sites (N-methyl/N-ethyl adjacent to an activating group) is 1. The maximum atomic E-state index is 11.6. The van der Waals surface area contributed by atoms with Gasteiger partial charge in [-0.05, 0) is 6.42 Å². The summed E-state index contributed by atoms with van der Waals surface area (Å²) in [6, 6.07) is -0.952. The van der Waals surface area contributed by atoms with E-state index in [2.05, 4.69) is 0 Å². The summed E-state index contributed by atoms with van der Waals surface area (Å²) in [6.07, 6.45) is 0.680. The van der Waals surface area contributed by atoms with Crippen molar-refractivity contribution < 1.29 is 18.3 Å². The molecule has 0 radical (unpaired) electrons. The topological polar surface area (TPSA) is 77.9 Å². The Morgan fingerprint density at radius 3 is 2.50 bits per heavy atom. The highest BCUT2D eigenvalue weighted by Crippen LogP contribution is 2.20. The van der Waals surface area contributed by atoms with Gasteiger partial charge in [0.25, 0.3) is 10.2 Å². The second-order valence-corrected chi connectivity index (χ2v) is 5.22. The Morgan fingerprint density at radius 1 is 1.57 bits per heavy atom. The van der Waals surface area contributed by atoms with E-state index in [1.165, 1.54) is 11.4 Å². The fourth-order valence-electron chi connectivity index (χ4n) is 1.43. The predicted molar refractivity (Wildman–Crippen MR) is 50.0 cm³/mol. The molecular weight excluding hydrogens is 208 g/mol. The van der Waals surface area contributed by atoms with Gasteiger partial charge in [0.05, 0.1) is 0 Å². The first-order valence-electron chi connectivity index (χ1n) is 4.37. The van der Waals surface area contributed by atoms with Gasteiger partial charge < -0.3 is 5.11 Å². The third-order valence-electron chi connectivity index (χ3n) is 2.26.